The summed E-state index contributed by atoms with van der Waals surface area (Å²) in [4.78, 5) is 0. The molecule has 0 aliphatic heterocycles. The van der Waals surface area contributed by atoms with Gasteiger partial charge in [0.25, 0.3) is 0 Å². The second kappa shape index (κ2) is 12.9. The highest BCUT2D eigenvalue weighted by atomic mass is 79.9. The summed E-state index contributed by atoms with van der Waals surface area (Å²) < 4.78 is 30.7. The number of rotatable bonds is 8. The van der Waals surface area contributed by atoms with Crippen LogP contribution < -0.4 is 0 Å². The van der Waals surface area contributed by atoms with Gasteiger partial charge in [0.2, 0.25) is 0 Å². The van der Waals surface area contributed by atoms with Crippen molar-refractivity contribution in [2.24, 2.45) is 0 Å². The molecule has 0 aliphatic carbocycles. The van der Waals surface area contributed by atoms with E-state index in [9.17, 15) is 18.9 Å². The molecular formula is C32H22Br2N2O2S. The zero-order valence-corrected chi connectivity index (χ0v) is 24.6. The minimum absolute atomic E-state index is 0.450. The first-order valence-electron chi connectivity index (χ1n) is 11.9. The van der Waals surface area contributed by atoms with E-state index >= 15 is 0 Å². The first-order chi connectivity index (χ1) is 18.8. The molecule has 0 aliphatic rings. The van der Waals surface area contributed by atoms with Crippen molar-refractivity contribution in [2.75, 3.05) is 0 Å². The number of nitrogens with zero attached hydrogens (tertiary/aromatic N) is 2. The first-order valence-corrected chi connectivity index (χ1v) is 15.1. The molecule has 4 nitrogen and oxygen atoms in total. The van der Waals surface area contributed by atoms with Gasteiger partial charge in [-0.15, -0.1) is 0 Å². The maximum Gasteiger partial charge on any atom is 0.171 e. The molecule has 2 atom stereocenters. The highest BCUT2D eigenvalue weighted by molar-refractivity contribution is 9.10. The Hall–Kier alpha value is -3.75. The van der Waals surface area contributed by atoms with E-state index in [1.807, 2.05) is 48.5 Å². The zero-order valence-electron chi connectivity index (χ0n) is 20.6. The molecular weight excluding hydrogens is 636 g/mol. The summed E-state index contributed by atoms with van der Waals surface area (Å²) in [6.07, 6.45) is 6.95. The fourth-order valence-corrected chi connectivity index (χ4v) is 6.53. The van der Waals surface area contributed by atoms with E-state index in [1.165, 1.54) is 0 Å². The summed E-state index contributed by atoms with van der Waals surface area (Å²) >= 11 is 6.85. The van der Waals surface area contributed by atoms with Gasteiger partial charge >= 0.3 is 0 Å². The molecule has 0 amide bonds. The normalized spacial score (nSPS) is 13.1. The number of nitriles is 2. The van der Waals surface area contributed by atoms with Crippen molar-refractivity contribution >= 4 is 53.8 Å². The number of benzene rings is 4. The monoisotopic (exact) mass is 656 g/mol. The Morgan fingerprint density at radius 1 is 0.564 bits per heavy atom. The predicted molar refractivity (Wildman–Crippen MR) is 163 cm³/mol. The summed E-state index contributed by atoms with van der Waals surface area (Å²) in [6, 6.07) is 32.6. The number of hydrogen-bond acceptors (Lipinski definition) is 4. The molecule has 0 N–H and O–H groups in total. The quantitative estimate of drug-likeness (QED) is 0.190. The zero-order chi connectivity index (χ0) is 27.8. The lowest BCUT2D eigenvalue weighted by Crippen LogP contribution is -2.19. The summed E-state index contributed by atoms with van der Waals surface area (Å²) in [5.74, 6) is 0. The third kappa shape index (κ3) is 7.22. The van der Waals surface area contributed by atoms with Gasteiger partial charge in [0.05, 0.1) is 23.3 Å². The molecule has 4 aromatic carbocycles. The average Bonchev–Trinajstić information content (AvgIpc) is 2.95. The molecule has 0 saturated heterocycles. The topological polar surface area (TPSA) is 81.7 Å². The Balaban J connectivity index is 1.83. The second-order valence-electron chi connectivity index (χ2n) is 8.72. The van der Waals surface area contributed by atoms with Gasteiger partial charge in [0.1, 0.15) is 10.5 Å². The number of halogens is 2. The Morgan fingerprint density at radius 2 is 0.897 bits per heavy atom. The van der Waals surface area contributed by atoms with Crippen molar-refractivity contribution in [3.63, 3.8) is 0 Å². The lowest BCUT2D eigenvalue weighted by molar-refractivity contribution is 0.584. The lowest BCUT2D eigenvalue weighted by Gasteiger charge is -2.22. The Kier molecular flexibility index (Phi) is 9.32. The van der Waals surface area contributed by atoms with Gasteiger partial charge in [-0.2, -0.15) is 10.5 Å². The van der Waals surface area contributed by atoms with E-state index in [2.05, 4.69) is 44.0 Å². The van der Waals surface area contributed by atoms with Crippen molar-refractivity contribution in [3.05, 3.63) is 152 Å². The van der Waals surface area contributed by atoms with Gasteiger partial charge in [-0.25, -0.2) is 8.42 Å². The second-order valence-corrected chi connectivity index (χ2v) is 12.7. The van der Waals surface area contributed by atoms with Crippen molar-refractivity contribution < 1.29 is 8.42 Å². The minimum atomic E-state index is -3.92. The fraction of sp³-hybridized carbons (Fsp3) is 0.0625. The smallest absolute Gasteiger partial charge is 0.171 e. The Morgan fingerprint density at radius 3 is 1.21 bits per heavy atom. The van der Waals surface area contributed by atoms with Crippen LogP contribution in [0.3, 0.4) is 0 Å². The van der Waals surface area contributed by atoms with Gasteiger partial charge < -0.3 is 0 Å². The third-order valence-corrected chi connectivity index (χ3v) is 9.44. The molecule has 2 unspecified atom stereocenters. The van der Waals surface area contributed by atoms with Crippen LogP contribution in [0.4, 0.5) is 0 Å². The molecule has 0 saturated carbocycles. The molecule has 192 valence electrons. The van der Waals surface area contributed by atoms with Crippen LogP contribution in [0.5, 0.6) is 0 Å². The molecule has 4 rings (SSSR count). The van der Waals surface area contributed by atoms with Crippen molar-refractivity contribution in [2.45, 2.75) is 10.5 Å². The van der Waals surface area contributed by atoms with Crippen LogP contribution in [0.1, 0.15) is 43.9 Å². The van der Waals surface area contributed by atoms with E-state index in [0.717, 1.165) is 20.1 Å². The van der Waals surface area contributed by atoms with E-state index in [4.69, 9.17) is 0 Å². The fourth-order valence-electron chi connectivity index (χ4n) is 4.02. The highest BCUT2D eigenvalue weighted by Gasteiger charge is 2.33. The summed E-state index contributed by atoms with van der Waals surface area (Å²) in [5.41, 5.74) is 3.71. The van der Waals surface area contributed by atoms with E-state index < -0.39 is 20.3 Å². The SMILES string of the molecule is N#Cc1ccc(C(/C=C/c2ccc(Br)cc2)S(=O)(=O)C(/C=C/c2ccc(Br)cc2)c2ccc(C#N)cc2)cc1. The Labute approximate surface area is 245 Å². The lowest BCUT2D eigenvalue weighted by atomic mass is 10.1. The van der Waals surface area contributed by atoms with Crippen molar-refractivity contribution in [1.29, 1.82) is 10.5 Å². The highest BCUT2D eigenvalue weighted by Crippen LogP contribution is 2.37. The molecule has 7 heteroatoms. The average molecular weight is 658 g/mol. The van der Waals surface area contributed by atoms with Gasteiger partial charge in [0, 0.05) is 8.95 Å². The molecule has 0 heterocycles. The Bertz CT molecular complexity index is 1560. The maximum absolute atomic E-state index is 14.4. The molecule has 0 fully saturated rings. The first kappa shape index (κ1) is 28.3. The number of hydrogen-bond donors (Lipinski definition) is 0. The minimum Gasteiger partial charge on any atom is -0.227 e. The van der Waals surface area contributed by atoms with Crippen LogP contribution >= 0.6 is 31.9 Å². The molecule has 0 radical (unpaired) electrons. The number of sulfone groups is 1. The molecule has 0 bridgehead atoms. The largest absolute Gasteiger partial charge is 0.227 e. The van der Waals surface area contributed by atoms with Crippen LogP contribution in [0, 0.1) is 22.7 Å². The van der Waals surface area contributed by atoms with E-state index in [1.54, 1.807) is 72.8 Å². The molecule has 39 heavy (non-hydrogen) atoms. The molecule has 0 aromatic heterocycles. The standard InChI is InChI=1S/C32H22Br2N2O2S/c33-29-15-5-23(6-16-29)9-19-31(27-11-1-25(21-35)2-12-27)39(37,38)32(28-13-3-26(22-36)4-14-28)20-10-24-7-17-30(34)18-8-24/h1-20,31-32H/b19-9+,20-10+. The van der Waals surface area contributed by atoms with Crippen LogP contribution in [0.2, 0.25) is 0 Å². The van der Waals surface area contributed by atoms with Gasteiger partial charge in [0.15, 0.2) is 9.84 Å². The van der Waals surface area contributed by atoms with E-state index in [0.29, 0.717) is 22.3 Å². The van der Waals surface area contributed by atoms with E-state index in [-0.39, 0.29) is 0 Å². The van der Waals surface area contributed by atoms with Crippen LogP contribution in [-0.4, -0.2) is 8.42 Å². The van der Waals surface area contributed by atoms with Crippen molar-refractivity contribution in [1.82, 2.24) is 0 Å². The third-order valence-electron chi connectivity index (χ3n) is 6.11. The molecule has 4 aromatic rings. The van der Waals surface area contributed by atoms with Crippen LogP contribution in [0.15, 0.2) is 118 Å². The summed E-state index contributed by atoms with van der Waals surface area (Å²) in [6.45, 7) is 0. The van der Waals surface area contributed by atoms with Gasteiger partial charge in [-0.3, -0.25) is 0 Å². The maximum atomic E-state index is 14.4. The summed E-state index contributed by atoms with van der Waals surface area (Å²) in [5, 5.41) is 16.5. The van der Waals surface area contributed by atoms with Crippen molar-refractivity contribution in [3.8, 4) is 12.1 Å². The van der Waals surface area contributed by atoms with Crippen LogP contribution in [0.25, 0.3) is 12.2 Å². The van der Waals surface area contributed by atoms with Gasteiger partial charge in [-0.1, -0.05) is 105 Å². The molecule has 0 spiro atoms. The summed E-state index contributed by atoms with van der Waals surface area (Å²) in [7, 11) is -3.92. The predicted octanol–water partition coefficient (Wildman–Crippen LogP) is 8.58. The van der Waals surface area contributed by atoms with Gasteiger partial charge in [-0.05, 0) is 70.8 Å². The van der Waals surface area contributed by atoms with Crippen LogP contribution in [-0.2, 0) is 9.84 Å².